The summed E-state index contributed by atoms with van der Waals surface area (Å²) in [4.78, 5) is 6.75. The first-order chi connectivity index (χ1) is 9.77. The Bertz CT molecular complexity index is 362. The first-order valence-electron chi connectivity index (χ1n) is 7.83. The van der Waals surface area contributed by atoms with E-state index in [4.69, 9.17) is 9.47 Å². The van der Waals surface area contributed by atoms with E-state index in [9.17, 15) is 0 Å². The molecule has 1 N–H and O–H groups in total. The van der Waals surface area contributed by atoms with Gasteiger partial charge < -0.3 is 19.7 Å². The van der Waals surface area contributed by atoms with Crippen molar-refractivity contribution >= 4 is 5.96 Å². The van der Waals surface area contributed by atoms with E-state index in [1.165, 1.54) is 25.7 Å². The fraction of sp³-hybridized carbons (Fsp3) is 0.933. The van der Waals surface area contributed by atoms with E-state index in [-0.39, 0.29) is 6.10 Å². The van der Waals surface area contributed by atoms with Crippen LogP contribution in [0.15, 0.2) is 4.99 Å². The van der Waals surface area contributed by atoms with Gasteiger partial charge in [0.25, 0.3) is 0 Å². The lowest BCUT2D eigenvalue weighted by Gasteiger charge is -2.35. The van der Waals surface area contributed by atoms with Crippen LogP contribution in [0.5, 0.6) is 0 Å². The predicted octanol–water partition coefficient (Wildman–Crippen LogP) is 1.10. The Morgan fingerprint density at radius 3 is 2.85 bits per heavy atom. The van der Waals surface area contributed by atoms with Gasteiger partial charge in [0.05, 0.1) is 19.3 Å². The van der Waals surface area contributed by atoms with Crippen molar-refractivity contribution in [3.05, 3.63) is 0 Å². The zero-order valence-corrected chi connectivity index (χ0v) is 12.7. The van der Waals surface area contributed by atoms with Crippen molar-refractivity contribution in [2.24, 2.45) is 16.3 Å². The highest BCUT2D eigenvalue weighted by molar-refractivity contribution is 5.80. The maximum absolute atomic E-state index is 5.70. The molecule has 0 aromatic heterocycles. The highest BCUT2D eigenvalue weighted by Crippen LogP contribution is 2.60. The number of hydrogen-bond donors (Lipinski definition) is 1. The van der Waals surface area contributed by atoms with Gasteiger partial charge in [-0.1, -0.05) is 0 Å². The van der Waals surface area contributed by atoms with Crippen molar-refractivity contribution in [3.63, 3.8) is 0 Å². The quantitative estimate of drug-likeness (QED) is 0.605. The molecule has 5 heteroatoms. The molecule has 1 atom stereocenters. The van der Waals surface area contributed by atoms with Crippen molar-refractivity contribution in [3.8, 4) is 0 Å². The van der Waals surface area contributed by atoms with E-state index in [0.29, 0.717) is 12.0 Å². The molecule has 3 rings (SSSR count). The molecule has 114 valence electrons. The van der Waals surface area contributed by atoms with E-state index in [0.717, 1.165) is 38.1 Å². The van der Waals surface area contributed by atoms with E-state index < -0.39 is 0 Å². The van der Waals surface area contributed by atoms with E-state index in [1.807, 2.05) is 7.05 Å². The van der Waals surface area contributed by atoms with E-state index >= 15 is 0 Å². The van der Waals surface area contributed by atoms with Crippen LogP contribution in [-0.2, 0) is 9.47 Å². The van der Waals surface area contributed by atoms with Crippen LogP contribution in [-0.4, -0.2) is 64.0 Å². The standard InChI is InChI=1S/C15H27N3O2/c1-16-14(17-11-15(5-6-15)12-3-4-12)18-7-8-20-13(9-18)10-19-2/h12-13H,3-11H2,1-2H3,(H,16,17). The molecule has 20 heavy (non-hydrogen) atoms. The minimum Gasteiger partial charge on any atom is -0.382 e. The van der Waals surface area contributed by atoms with Gasteiger partial charge in [0.1, 0.15) is 0 Å². The minimum absolute atomic E-state index is 0.158. The summed E-state index contributed by atoms with van der Waals surface area (Å²) in [6.07, 6.45) is 5.83. The number of guanidine groups is 1. The number of morpholine rings is 1. The molecular formula is C15H27N3O2. The number of rotatable bonds is 5. The molecule has 0 radical (unpaired) electrons. The van der Waals surface area contributed by atoms with Crippen molar-refractivity contribution in [1.29, 1.82) is 0 Å². The third-order valence-corrected chi connectivity index (χ3v) is 4.94. The second kappa shape index (κ2) is 5.90. The molecule has 2 aliphatic carbocycles. The van der Waals surface area contributed by atoms with Crippen LogP contribution in [0.2, 0.25) is 0 Å². The fourth-order valence-electron chi connectivity index (χ4n) is 3.37. The molecule has 1 aliphatic heterocycles. The number of methoxy groups -OCH3 is 1. The van der Waals surface area contributed by atoms with Gasteiger partial charge in [-0.15, -0.1) is 0 Å². The molecule has 3 fully saturated rings. The van der Waals surface area contributed by atoms with E-state index in [1.54, 1.807) is 7.11 Å². The van der Waals surface area contributed by atoms with Crippen molar-refractivity contribution in [2.75, 3.05) is 47.0 Å². The van der Waals surface area contributed by atoms with Gasteiger partial charge in [0, 0.05) is 33.8 Å². The molecule has 1 unspecified atom stereocenters. The van der Waals surface area contributed by atoms with Crippen molar-refractivity contribution in [2.45, 2.75) is 31.8 Å². The van der Waals surface area contributed by atoms with Crippen molar-refractivity contribution < 1.29 is 9.47 Å². The maximum Gasteiger partial charge on any atom is 0.193 e. The lowest BCUT2D eigenvalue weighted by Crippen LogP contribution is -2.52. The predicted molar refractivity (Wildman–Crippen MR) is 78.9 cm³/mol. The molecule has 0 aromatic carbocycles. The summed E-state index contributed by atoms with van der Waals surface area (Å²) in [6, 6.07) is 0. The summed E-state index contributed by atoms with van der Waals surface area (Å²) in [5.74, 6) is 2.01. The molecule has 0 spiro atoms. The lowest BCUT2D eigenvalue weighted by atomic mass is 10.0. The molecular weight excluding hydrogens is 254 g/mol. The van der Waals surface area contributed by atoms with Crippen LogP contribution >= 0.6 is 0 Å². The van der Waals surface area contributed by atoms with Crippen LogP contribution in [0.1, 0.15) is 25.7 Å². The molecule has 1 saturated heterocycles. The zero-order valence-electron chi connectivity index (χ0n) is 12.7. The average Bonchev–Trinajstić information content (AvgIpc) is 3.34. The van der Waals surface area contributed by atoms with Crippen molar-refractivity contribution in [1.82, 2.24) is 10.2 Å². The van der Waals surface area contributed by atoms with Gasteiger partial charge in [-0.2, -0.15) is 0 Å². The van der Waals surface area contributed by atoms with Gasteiger partial charge in [-0.3, -0.25) is 4.99 Å². The average molecular weight is 281 g/mol. The second-order valence-corrected chi connectivity index (χ2v) is 6.43. The summed E-state index contributed by atoms with van der Waals surface area (Å²) in [5, 5.41) is 3.61. The van der Waals surface area contributed by atoms with Crippen LogP contribution in [0.4, 0.5) is 0 Å². The topological polar surface area (TPSA) is 46.1 Å². The minimum atomic E-state index is 0.158. The first kappa shape index (κ1) is 14.1. The second-order valence-electron chi connectivity index (χ2n) is 6.43. The Morgan fingerprint density at radius 2 is 2.25 bits per heavy atom. The summed E-state index contributed by atoms with van der Waals surface area (Å²) < 4.78 is 10.9. The third-order valence-electron chi connectivity index (χ3n) is 4.94. The highest BCUT2D eigenvalue weighted by Gasteiger charge is 2.53. The largest absolute Gasteiger partial charge is 0.382 e. The Balaban J connectivity index is 1.51. The Morgan fingerprint density at radius 1 is 1.45 bits per heavy atom. The molecule has 1 heterocycles. The van der Waals surface area contributed by atoms with Crippen LogP contribution < -0.4 is 5.32 Å². The van der Waals surface area contributed by atoms with Gasteiger partial charge in [0.2, 0.25) is 0 Å². The summed E-state index contributed by atoms with van der Waals surface area (Å²) >= 11 is 0. The van der Waals surface area contributed by atoms with Crippen LogP contribution in [0, 0.1) is 11.3 Å². The highest BCUT2D eigenvalue weighted by atomic mass is 16.5. The molecule has 0 bridgehead atoms. The SMILES string of the molecule is CN=C(NCC1(C2CC2)CC1)N1CCOC(COC)C1. The number of nitrogens with one attached hydrogen (secondary N) is 1. The normalized spacial score (nSPS) is 29.4. The molecule has 3 aliphatic rings. The fourth-order valence-corrected chi connectivity index (χ4v) is 3.37. The first-order valence-corrected chi connectivity index (χ1v) is 7.83. The molecule has 5 nitrogen and oxygen atoms in total. The Labute approximate surface area is 121 Å². The lowest BCUT2D eigenvalue weighted by molar-refractivity contribution is -0.0447. The maximum atomic E-state index is 5.70. The zero-order chi connectivity index (χ0) is 14.0. The number of nitrogens with zero attached hydrogens (tertiary/aromatic N) is 2. The van der Waals surface area contributed by atoms with Gasteiger partial charge in [-0.25, -0.2) is 0 Å². The van der Waals surface area contributed by atoms with Gasteiger partial charge in [-0.05, 0) is 37.0 Å². The third kappa shape index (κ3) is 3.09. The van der Waals surface area contributed by atoms with Crippen LogP contribution in [0.3, 0.4) is 0 Å². The number of aliphatic imine (C=N–C) groups is 1. The summed E-state index contributed by atoms with van der Waals surface area (Å²) in [5.41, 5.74) is 0.605. The van der Waals surface area contributed by atoms with Gasteiger partial charge >= 0.3 is 0 Å². The Kier molecular flexibility index (Phi) is 4.17. The molecule has 0 aromatic rings. The number of ether oxygens (including phenoxy) is 2. The smallest absolute Gasteiger partial charge is 0.193 e. The number of hydrogen-bond acceptors (Lipinski definition) is 3. The Hall–Kier alpha value is -0.810. The molecule has 0 amide bonds. The summed E-state index contributed by atoms with van der Waals surface area (Å²) in [6.45, 7) is 4.28. The van der Waals surface area contributed by atoms with Gasteiger partial charge in [0.15, 0.2) is 5.96 Å². The molecule has 2 saturated carbocycles. The summed E-state index contributed by atoms with van der Waals surface area (Å²) in [7, 11) is 3.60. The van der Waals surface area contributed by atoms with Crippen LogP contribution in [0.25, 0.3) is 0 Å². The monoisotopic (exact) mass is 281 g/mol. The van der Waals surface area contributed by atoms with E-state index in [2.05, 4.69) is 15.2 Å².